The van der Waals surface area contributed by atoms with Gasteiger partial charge in [0.05, 0.1) is 0 Å². The van der Waals surface area contributed by atoms with E-state index in [0.29, 0.717) is 24.0 Å². The van der Waals surface area contributed by atoms with E-state index in [0.717, 1.165) is 88.2 Å². The Morgan fingerprint density at radius 1 is 0.356 bits per heavy atom. The number of rotatable bonds is 18. The number of hydrogen-bond acceptors (Lipinski definition) is 0. The van der Waals surface area contributed by atoms with E-state index in [2.05, 4.69) is 38.1 Å². The Morgan fingerprint density at radius 3 is 1.00 bits per heavy atom. The number of benzene rings is 4. The van der Waals surface area contributed by atoms with Crippen molar-refractivity contribution in [1.29, 1.82) is 0 Å². The third kappa shape index (κ3) is 10.3. The minimum absolute atomic E-state index is 0.201. The van der Waals surface area contributed by atoms with Crippen molar-refractivity contribution in [2.45, 2.75) is 110 Å². The van der Waals surface area contributed by atoms with Crippen molar-refractivity contribution < 1.29 is 17.6 Å². The normalized spacial score (nSPS) is 11.3. The molecule has 0 aliphatic rings. The Kier molecular flexibility index (Phi) is 13.7. The van der Waals surface area contributed by atoms with Gasteiger partial charge in [-0.05, 0) is 109 Å². The average Bonchev–Trinajstić information content (AvgIpc) is 3.03. The number of hydrogen-bond donors (Lipinski definition) is 0. The molecular weight excluding hydrogens is 568 g/mol. The van der Waals surface area contributed by atoms with E-state index >= 15 is 0 Å². The molecule has 0 aromatic heterocycles. The summed E-state index contributed by atoms with van der Waals surface area (Å²) >= 11 is 0. The molecule has 0 saturated carbocycles. The van der Waals surface area contributed by atoms with Gasteiger partial charge in [0.1, 0.15) is 23.3 Å². The van der Waals surface area contributed by atoms with Crippen LogP contribution in [-0.4, -0.2) is 0 Å². The van der Waals surface area contributed by atoms with Crippen LogP contribution in [0.15, 0.2) is 72.8 Å². The third-order valence-corrected chi connectivity index (χ3v) is 8.85. The molecule has 4 aromatic rings. The van der Waals surface area contributed by atoms with Crippen molar-refractivity contribution >= 4 is 0 Å². The zero-order chi connectivity index (χ0) is 32.0. The van der Waals surface area contributed by atoms with Crippen molar-refractivity contribution in [3.8, 4) is 22.3 Å². The molecule has 0 aliphatic heterocycles. The third-order valence-electron chi connectivity index (χ3n) is 8.85. The van der Waals surface area contributed by atoms with Gasteiger partial charge in [-0.15, -0.1) is 0 Å². The van der Waals surface area contributed by atoms with E-state index in [1.165, 1.54) is 41.8 Å². The number of aryl methyl sites for hydroxylation is 2. The first kappa shape index (κ1) is 34.5. The van der Waals surface area contributed by atoms with E-state index in [1.54, 1.807) is 0 Å². The van der Waals surface area contributed by atoms with E-state index < -0.39 is 23.3 Å². The Balaban J connectivity index is 1.16. The molecule has 0 amide bonds. The van der Waals surface area contributed by atoms with Gasteiger partial charge in [0.25, 0.3) is 0 Å². The first-order chi connectivity index (χ1) is 21.9. The van der Waals surface area contributed by atoms with Gasteiger partial charge in [-0.25, -0.2) is 17.6 Å². The molecule has 0 N–H and O–H groups in total. The lowest BCUT2D eigenvalue weighted by atomic mass is 9.97. The molecule has 0 atom stereocenters. The molecule has 0 bridgehead atoms. The van der Waals surface area contributed by atoms with E-state index in [9.17, 15) is 17.6 Å². The van der Waals surface area contributed by atoms with Gasteiger partial charge in [-0.3, -0.25) is 0 Å². The SMILES string of the molecule is CCCCCc1c(F)cc(-c2ccc(CCCCCCCc3ccc(-c4cc(F)c(CCCCC)c(F)c4)cc3)cc2)cc1F. The first-order valence-corrected chi connectivity index (χ1v) is 17.0. The highest BCUT2D eigenvalue weighted by atomic mass is 19.1. The van der Waals surface area contributed by atoms with Gasteiger partial charge in [0.15, 0.2) is 0 Å². The molecule has 4 rings (SSSR count). The number of halogens is 4. The standard InChI is InChI=1S/C41H48F4/c1-3-5-10-16-36-38(42)26-34(27-39(36)43)32-22-18-30(19-23-32)14-12-8-7-9-13-15-31-20-24-33(25-21-31)35-28-40(44)37(41(45)29-35)17-11-6-4-2/h18-29H,3-17H2,1-2H3. The molecule has 4 aromatic carbocycles. The van der Waals surface area contributed by atoms with Gasteiger partial charge >= 0.3 is 0 Å². The zero-order valence-electron chi connectivity index (χ0n) is 27.0. The molecule has 0 unspecified atom stereocenters. The second kappa shape index (κ2) is 17.9. The predicted octanol–water partition coefficient (Wildman–Crippen LogP) is 12.8. The minimum atomic E-state index is -0.450. The second-order valence-electron chi connectivity index (χ2n) is 12.4. The van der Waals surface area contributed by atoms with Gasteiger partial charge in [-0.1, -0.05) is 107 Å². The average molecular weight is 617 g/mol. The van der Waals surface area contributed by atoms with Crippen LogP contribution in [0.2, 0.25) is 0 Å². The Morgan fingerprint density at radius 2 is 0.667 bits per heavy atom. The smallest absolute Gasteiger partial charge is 0.129 e. The van der Waals surface area contributed by atoms with Crippen molar-refractivity contribution in [3.05, 3.63) is 118 Å². The zero-order valence-corrected chi connectivity index (χ0v) is 27.0. The maximum absolute atomic E-state index is 14.6. The molecule has 0 fully saturated rings. The summed E-state index contributed by atoms with van der Waals surface area (Å²) in [6.45, 7) is 4.16. The van der Waals surface area contributed by atoms with Crippen LogP contribution in [0.25, 0.3) is 22.3 Å². The fourth-order valence-corrected chi connectivity index (χ4v) is 6.04. The predicted molar refractivity (Wildman–Crippen MR) is 181 cm³/mol. The molecule has 0 spiro atoms. The summed E-state index contributed by atoms with van der Waals surface area (Å²) in [7, 11) is 0. The summed E-state index contributed by atoms with van der Waals surface area (Å²) in [5.41, 5.74) is 5.71. The Hall–Kier alpha value is -3.40. The van der Waals surface area contributed by atoms with Crippen LogP contribution in [-0.2, 0) is 25.7 Å². The first-order valence-electron chi connectivity index (χ1n) is 17.0. The molecule has 0 saturated heterocycles. The van der Waals surface area contributed by atoms with Gasteiger partial charge < -0.3 is 0 Å². The maximum atomic E-state index is 14.6. The lowest BCUT2D eigenvalue weighted by Crippen LogP contribution is -1.97. The van der Waals surface area contributed by atoms with Crippen molar-refractivity contribution in [3.63, 3.8) is 0 Å². The van der Waals surface area contributed by atoms with Crippen LogP contribution in [0.1, 0.15) is 107 Å². The quantitative estimate of drug-likeness (QED) is 0.0771. The highest BCUT2D eigenvalue weighted by Crippen LogP contribution is 2.28. The van der Waals surface area contributed by atoms with Crippen LogP contribution in [0, 0.1) is 23.3 Å². The van der Waals surface area contributed by atoms with Crippen LogP contribution in [0.4, 0.5) is 17.6 Å². The molecule has 0 nitrogen and oxygen atoms in total. The number of unbranched alkanes of at least 4 members (excludes halogenated alkanes) is 8. The minimum Gasteiger partial charge on any atom is -0.207 e. The van der Waals surface area contributed by atoms with Crippen LogP contribution < -0.4 is 0 Å². The van der Waals surface area contributed by atoms with Gasteiger partial charge in [0, 0.05) is 11.1 Å². The lowest BCUT2D eigenvalue weighted by Gasteiger charge is -2.10. The van der Waals surface area contributed by atoms with E-state index in [4.69, 9.17) is 0 Å². The van der Waals surface area contributed by atoms with Gasteiger partial charge in [-0.2, -0.15) is 0 Å². The second-order valence-corrected chi connectivity index (χ2v) is 12.4. The fourth-order valence-electron chi connectivity index (χ4n) is 6.04. The molecule has 0 heterocycles. The summed E-state index contributed by atoms with van der Waals surface area (Å²) in [4.78, 5) is 0. The Bertz CT molecular complexity index is 1310. The largest absolute Gasteiger partial charge is 0.207 e. The summed E-state index contributed by atoms with van der Waals surface area (Å²) in [5, 5.41) is 0. The lowest BCUT2D eigenvalue weighted by molar-refractivity contribution is 0.546. The van der Waals surface area contributed by atoms with E-state index in [-0.39, 0.29) is 11.1 Å². The fraction of sp³-hybridized carbons (Fsp3) is 0.415. The van der Waals surface area contributed by atoms with E-state index in [1.807, 2.05) is 24.3 Å². The summed E-state index contributed by atoms with van der Waals surface area (Å²) in [6.07, 6.45) is 14.1. The van der Waals surface area contributed by atoms with Crippen LogP contribution >= 0.6 is 0 Å². The Labute approximate surface area is 267 Å². The summed E-state index contributed by atoms with van der Waals surface area (Å²) in [5.74, 6) is -1.80. The monoisotopic (exact) mass is 616 g/mol. The summed E-state index contributed by atoms with van der Waals surface area (Å²) in [6, 6.07) is 21.9. The molecular formula is C41H48F4. The molecule has 0 radical (unpaired) electrons. The van der Waals surface area contributed by atoms with Gasteiger partial charge in [0.2, 0.25) is 0 Å². The highest BCUT2D eigenvalue weighted by Gasteiger charge is 2.13. The molecule has 240 valence electrons. The summed E-state index contributed by atoms with van der Waals surface area (Å²) < 4.78 is 58.3. The van der Waals surface area contributed by atoms with Crippen molar-refractivity contribution in [2.75, 3.05) is 0 Å². The molecule has 45 heavy (non-hydrogen) atoms. The molecule has 4 heteroatoms. The van der Waals surface area contributed by atoms with Crippen LogP contribution in [0.3, 0.4) is 0 Å². The van der Waals surface area contributed by atoms with Crippen molar-refractivity contribution in [1.82, 2.24) is 0 Å². The topological polar surface area (TPSA) is 0 Å². The molecule has 0 aliphatic carbocycles. The van der Waals surface area contributed by atoms with Crippen molar-refractivity contribution in [2.24, 2.45) is 0 Å². The maximum Gasteiger partial charge on any atom is 0.129 e. The van der Waals surface area contributed by atoms with Crippen LogP contribution in [0.5, 0.6) is 0 Å². The highest BCUT2D eigenvalue weighted by molar-refractivity contribution is 5.65.